The first-order valence-electron chi connectivity index (χ1n) is 8.36. The molecule has 0 saturated carbocycles. The molecule has 0 aliphatic heterocycles. The van der Waals surface area contributed by atoms with E-state index in [9.17, 15) is 4.79 Å². The summed E-state index contributed by atoms with van der Waals surface area (Å²) in [4.78, 5) is 12.4. The number of anilines is 2. The van der Waals surface area contributed by atoms with Gasteiger partial charge in [-0.05, 0) is 48.1 Å². The molecule has 0 aliphatic carbocycles. The predicted molar refractivity (Wildman–Crippen MR) is 115 cm³/mol. The Bertz CT molecular complexity index is 947. The lowest BCUT2D eigenvalue weighted by atomic mass is 10.1. The highest BCUT2D eigenvalue weighted by atomic mass is 35.5. The fourth-order valence-electron chi connectivity index (χ4n) is 2.47. The predicted octanol–water partition coefficient (Wildman–Crippen LogP) is 5.08. The van der Waals surface area contributed by atoms with Crippen LogP contribution >= 0.6 is 23.8 Å². The number of rotatable bonds is 5. The van der Waals surface area contributed by atoms with Crippen LogP contribution in [0.1, 0.15) is 15.9 Å². The van der Waals surface area contributed by atoms with Gasteiger partial charge in [-0.2, -0.15) is 0 Å². The van der Waals surface area contributed by atoms with Gasteiger partial charge in [0.25, 0.3) is 5.91 Å². The molecule has 0 aromatic heterocycles. The summed E-state index contributed by atoms with van der Waals surface area (Å²) in [7, 11) is 0. The van der Waals surface area contributed by atoms with Gasteiger partial charge in [0.05, 0.1) is 10.7 Å². The highest BCUT2D eigenvalue weighted by Gasteiger charge is 2.07. The summed E-state index contributed by atoms with van der Waals surface area (Å²) >= 11 is 11.4. The maximum absolute atomic E-state index is 12.4. The van der Waals surface area contributed by atoms with E-state index in [-0.39, 0.29) is 5.91 Å². The van der Waals surface area contributed by atoms with E-state index in [1.807, 2.05) is 54.6 Å². The Labute approximate surface area is 168 Å². The smallest absolute Gasteiger partial charge is 0.251 e. The van der Waals surface area contributed by atoms with Crippen LogP contribution in [0.3, 0.4) is 0 Å². The standard InChI is InChI=1S/C21H18ClN3OS/c22-18-11-4-5-12-19(18)25-21(27)24-17-10-6-9-16(13-17)20(26)23-14-15-7-2-1-3-8-15/h1-13H,14H2,(H,23,26)(H2,24,25,27). The molecule has 4 nitrogen and oxygen atoms in total. The Morgan fingerprint density at radius 3 is 2.41 bits per heavy atom. The maximum atomic E-state index is 12.4. The normalized spacial score (nSPS) is 10.1. The molecular formula is C21H18ClN3OS. The zero-order valence-corrected chi connectivity index (χ0v) is 16.0. The molecule has 1 amide bonds. The molecule has 136 valence electrons. The molecule has 0 heterocycles. The second-order valence-electron chi connectivity index (χ2n) is 5.81. The van der Waals surface area contributed by atoms with Crippen molar-refractivity contribution in [2.24, 2.45) is 0 Å². The summed E-state index contributed by atoms with van der Waals surface area (Å²) in [5, 5.41) is 9.99. The monoisotopic (exact) mass is 395 g/mol. The lowest BCUT2D eigenvalue weighted by Gasteiger charge is -2.12. The van der Waals surface area contributed by atoms with E-state index < -0.39 is 0 Å². The van der Waals surface area contributed by atoms with Gasteiger partial charge in [0, 0.05) is 17.8 Å². The number of thiocarbonyl (C=S) groups is 1. The first-order chi connectivity index (χ1) is 13.1. The topological polar surface area (TPSA) is 53.2 Å². The largest absolute Gasteiger partial charge is 0.348 e. The van der Waals surface area contributed by atoms with Gasteiger partial charge in [-0.25, -0.2) is 0 Å². The Hall–Kier alpha value is -2.89. The second-order valence-corrected chi connectivity index (χ2v) is 6.62. The van der Waals surface area contributed by atoms with Gasteiger partial charge in [-0.15, -0.1) is 0 Å². The molecule has 0 saturated heterocycles. The molecule has 3 aromatic rings. The average Bonchev–Trinajstić information content (AvgIpc) is 2.69. The number of halogens is 1. The molecule has 0 radical (unpaired) electrons. The summed E-state index contributed by atoms with van der Waals surface area (Å²) in [6, 6.07) is 24.3. The lowest BCUT2D eigenvalue weighted by molar-refractivity contribution is 0.0951. The van der Waals surface area contributed by atoms with Crippen LogP contribution in [0.15, 0.2) is 78.9 Å². The van der Waals surface area contributed by atoms with Crippen molar-refractivity contribution < 1.29 is 4.79 Å². The number of carbonyl (C=O) groups is 1. The molecule has 0 atom stereocenters. The van der Waals surface area contributed by atoms with Crippen molar-refractivity contribution in [3.63, 3.8) is 0 Å². The maximum Gasteiger partial charge on any atom is 0.251 e. The number of hydrogen-bond donors (Lipinski definition) is 3. The number of amides is 1. The third kappa shape index (κ3) is 5.54. The number of para-hydroxylation sites is 1. The quantitative estimate of drug-likeness (QED) is 0.527. The molecule has 27 heavy (non-hydrogen) atoms. The van der Waals surface area contributed by atoms with Crippen LogP contribution < -0.4 is 16.0 Å². The molecule has 0 fully saturated rings. The van der Waals surface area contributed by atoms with Crippen LogP contribution in [0, 0.1) is 0 Å². The molecule has 3 rings (SSSR count). The Balaban J connectivity index is 1.60. The molecule has 6 heteroatoms. The van der Waals surface area contributed by atoms with Crippen molar-refractivity contribution in [1.29, 1.82) is 0 Å². The molecular weight excluding hydrogens is 378 g/mol. The third-order valence-electron chi connectivity index (χ3n) is 3.80. The summed E-state index contributed by atoms with van der Waals surface area (Å²) in [6.07, 6.45) is 0. The van der Waals surface area contributed by atoms with E-state index >= 15 is 0 Å². The van der Waals surface area contributed by atoms with Crippen molar-refractivity contribution in [3.05, 3.63) is 95.0 Å². The van der Waals surface area contributed by atoms with Gasteiger partial charge >= 0.3 is 0 Å². The van der Waals surface area contributed by atoms with E-state index in [1.54, 1.807) is 24.3 Å². The average molecular weight is 396 g/mol. The molecule has 0 aliphatic rings. The van der Waals surface area contributed by atoms with Gasteiger partial charge in [0.2, 0.25) is 0 Å². The highest BCUT2D eigenvalue weighted by Crippen LogP contribution is 2.21. The summed E-state index contributed by atoms with van der Waals surface area (Å²) < 4.78 is 0. The molecule has 3 aromatic carbocycles. The second kappa shape index (κ2) is 9.16. The summed E-state index contributed by atoms with van der Waals surface area (Å²) in [6.45, 7) is 0.476. The van der Waals surface area contributed by atoms with Crippen LogP contribution in [-0.2, 0) is 6.54 Å². The fraction of sp³-hybridized carbons (Fsp3) is 0.0476. The number of carbonyl (C=O) groups excluding carboxylic acids is 1. The minimum atomic E-state index is -0.146. The van der Waals surface area contributed by atoms with Crippen LogP contribution in [-0.4, -0.2) is 11.0 Å². The number of benzene rings is 3. The summed E-state index contributed by atoms with van der Waals surface area (Å²) in [5.74, 6) is -0.146. The SMILES string of the molecule is O=C(NCc1ccccc1)c1cccc(NC(=S)Nc2ccccc2Cl)c1. The van der Waals surface area contributed by atoms with E-state index in [4.69, 9.17) is 23.8 Å². The van der Waals surface area contributed by atoms with Crippen molar-refractivity contribution in [2.75, 3.05) is 10.6 Å². The number of hydrogen-bond acceptors (Lipinski definition) is 2. The molecule has 0 unspecified atom stereocenters. The van der Waals surface area contributed by atoms with E-state index in [1.165, 1.54) is 0 Å². The van der Waals surface area contributed by atoms with Crippen LogP contribution in [0.5, 0.6) is 0 Å². The Morgan fingerprint density at radius 1 is 0.889 bits per heavy atom. The molecule has 0 bridgehead atoms. The first kappa shape index (κ1) is 18.9. The minimum Gasteiger partial charge on any atom is -0.348 e. The van der Waals surface area contributed by atoms with Crippen molar-refractivity contribution in [2.45, 2.75) is 6.54 Å². The van der Waals surface area contributed by atoms with E-state index in [0.29, 0.717) is 33.6 Å². The zero-order chi connectivity index (χ0) is 19.1. The fourth-order valence-corrected chi connectivity index (χ4v) is 2.88. The third-order valence-corrected chi connectivity index (χ3v) is 4.33. The zero-order valence-electron chi connectivity index (χ0n) is 14.4. The van der Waals surface area contributed by atoms with E-state index in [2.05, 4.69) is 16.0 Å². The van der Waals surface area contributed by atoms with Gasteiger partial charge < -0.3 is 16.0 Å². The Morgan fingerprint density at radius 2 is 1.63 bits per heavy atom. The minimum absolute atomic E-state index is 0.146. The van der Waals surface area contributed by atoms with Crippen LogP contribution in [0.4, 0.5) is 11.4 Å². The van der Waals surface area contributed by atoms with Gasteiger partial charge in [-0.3, -0.25) is 4.79 Å². The molecule has 3 N–H and O–H groups in total. The molecule has 0 spiro atoms. The van der Waals surface area contributed by atoms with Crippen LogP contribution in [0.25, 0.3) is 0 Å². The van der Waals surface area contributed by atoms with Gasteiger partial charge in [0.1, 0.15) is 0 Å². The first-order valence-corrected chi connectivity index (χ1v) is 9.15. The van der Waals surface area contributed by atoms with Crippen LogP contribution in [0.2, 0.25) is 5.02 Å². The van der Waals surface area contributed by atoms with E-state index in [0.717, 1.165) is 5.56 Å². The Kier molecular flexibility index (Phi) is 6.41. The lowest BCUT2D eigenvalue weighted by Crippen LogP contribution is -2.23. The highest BCUT2D eigenvalue weighted by molar-refractivity contribution is 7.80. The van der Waals surface area contributed by atoms with Gasteiger partial charge in [0.15, 0.2) is 5.11 Å². The van der Waals surface area contributed by atoms with Crippen molar-refractivity contribution in [3.8, 4) is 0 Å². The van der Waals surface area contributed by atoms with Crippen molar-refractivity contribution in [1.82, 2.24) is 5.32 Å². The summed E-state index contributed by atoms with van der Waals surface area (Å²) in [5.41, 5.74) is 3.03. The van der Waals surface area contributed by atoms with Gasteiger partial charge in [-0.1, -0.05) is 60.1 Å². The number of nitrogens with one attached hydrogen (secondary N) is 3. The van der Waals surface area contributed by atoms with Crippen molar-refractivity contribution >= 4 is 46.2 Å².